The molecule has 4 rings (SSSR count). The Balaban J connectivity index is 1.32. The molecule has 0 saturated carbocycles. The minimum absolute atomic E-state index is 0.0298. The second-order valence-corrected chi connectivity index (χ2v) is 6.95. The molecular weight excluding hydrogens is 352 g/mol. The number of nitrogens with zero attached hydrogens (tertiary/aromatic N) is 5. The van der Waals surface area contributed by atoms with E-state index in [1.54, 1.807) is 4.90 Å². The number of amides is 1. The fourth-order valence-corrected chi connectivity index (χ4v) is 3.62. The second kappa shape index (κ2) is 8.19. The first-order valence-electron chi connectivity index (χ1n) is 9.49. The number of piperazine rings is 1. The van der Waals surface area contributed by atoms with Gasteiger partial charge in [-0.1, -0.05) is 30.4 Å². The molecular formula is C21H22N6O. The fourth-order valence-electron chi connectivity index (χ4n) is 3.62. The molecule has 1 fully saturated rings. The lowest BCUT2D eigenvalue weighted by Gasteiger charge is -2.38. The Bertz CT molecular complexity index is 968. The molecule has 1 amide bonds. The van der Waals surface area contributed by atoms with Gasteiger partial charge in [0.1, 0.15) is 6.42 Å². The quantitative estimate of drug-likeness (QED) is 0.884. The van der Waals surface area contributed by atoms with E-state index in [9.17, 15) is 4.79 Å². The predicted molar refractivity (Wildman–Crippen MR) is 107 cm³/mol. The Kier molecular flexibility index (Phi) is 5.31. The average Bonchev–Trinajstić information content (AvgIpc) is 2.74. The summed E-state index contributed by atoms with van der Waals surface area (Å²) in [7, 11) is 0. The number of para-hydroxylation sites is 1. The number of carbonyl (C=O) groups is 1. The van der Waals surface area contributed by atoms with Crippen LogP contribution in [-0.2, 0) is 4.79 Å². The number of rotatable bonds is 4. The summed E-state index contributed by atoms with van der Waals surface area (Å²) >= 11 is 0. The largest absolute Gasteiger partial charge is 0.339 e. The second-order valence-electron chi connectivity index (χ2n) is 6.95. The zero-order chi connectivity index (χ0) is 19.3. The van der Waals surface area contributed by atoms with E-state index in [2.05, 4.69) is 38.4 Å². The van der Waals surface area contributed by atoms with Crippen LogP contribution < -0.4 is 5.32 Å². The van der Waals surface area contributed by atoms with Gasteiger partial charge in [-0.05, 0) is 18.6 Å². The number of anilines is 1. The highest BCUT2D eigenvalue weighted by Crippen LogP contribution is 2.19. The van der Waals surface area contributed by atoms with Crippen LogP contribution in [0.1, 0.15) is 12.8 Å². The molecule has 7 nitrogen and oxygen atoms in total. The fraction of sp³-hybridized carbons (Fsp3) is 0.333. The van der Waals surface area contributed by atoms with Gasteiger partial charge in [0.05, 0.1) is 11.6 Å². The van der Waals surface area contributed by atoms with Gasteiger partial charge in [0.15, 0.2) is 0 Å². The molecule has 1 atom stereocenters. The minimum atomic E-state index is -0.0666. The lowest BCUT2D eigenvalue weighted by Crippen LogP contribution is -2.51. The summed E-state index contributed by atoms with van der Waals surface area (Å²) in [5.41, 5.74) is 1.91. The summed E-state index contributed by atoms with van der Waals surface area (Å²) in [5, 5.41) is 13.0. The van der Waals surface area contributed by atoms with E-state index in [-0.39, 0.29) is 12.3 Å². The van der Waals surface area contributed by atoms with Gasteiger partial charge in [-0.15, -0.1) is 0 Å². The van der Waals surface area contributed by atoms with Crippen molar-refractivity contribution in [3.63, 3.8) is 0 Å². The third kappa shape index (κ3) is 4.02. The minimum Gasteiger partial charge on any atom is -0.339 e. The van der Waals surface area contributed by atoms with Crippen LogP contribution >= 0.6 is 0 Å². The van der Waals surface area contributed by atoms with E-state index in [0.29, 0.717) is 25.1 Å². The number of hydrogen-bond acceptors (Lipinski definition) is 6. The molecule has 1 aliphatic carbocycles. The Morgan fingerprint density at radius 2 is 2.07 bits per heavy atom. The van der Waals surface area contributed by atoms with Crippen molar-refractivity contribution < 1.29 is 4.79 Å². The van der Waals surface area contributed by atoms with E-state index in [4.69, 9.17) is 5.26 Å². The van der Waals surface area contributed by atoms with Crippen molar-refractivity contribution in [1.82, 2.24) is 19.8 Å². The molecule has 28 heavy (non-hydrogen) atoms. The molecule has 2 aliphatic rings. The van der Waals surface area contributed by atoms with Crippen LogP contribution in [0, 0.1) is 11.3 Å². The topological polar surface area (TPSA) is 85.2 Å². The molecule has 0 radical (unpaired) electrons. The molecule has 1 unspecified atom stereocenters. The van der Waals surface area contributed by atoms with Crippen molar-refractivity contribution in [2.75, 3.05) is 31.5 Å². The first-order chi connectivity index (χ1) is 13.7. The van der Waals surface area contributed by atoms with Crippen molar-refractivity contribution in [2.45, 2.75) is 18.9 Å². The number of allylic oxidation sites excluding steroid dienone is 1. The van der Waals surface area contributed by atoms with Crippen LogP contribution in [0.4, 0.5) is 5.95 Å². The SMILES string of the molecule is N#CCC(=O)N1CCN(C2C=CC(Nc3ncc4ccccc4n3)=CC2)CC1. The maximum absolute atomic E-state index is 11.8. The van der Waals surface area contributed by atoms with Crippen molar-refractivity contribution >= 4 is 22.8 Å². The summed E-state index contributed by atoms with van der Waals surface area (Å²) < 4.78 is 0. The lowest BCUT2D eigenvalue weighted by molar-refractivity contribution is -0.132. The highest BCUT2D eigenvalue weighted by atomic mass is 16.2. The Hall–Kier alpha value is -3.24. The summed E-state index contributed by atoms with van der Waals surface area (Å²) in [6.45, 7) is 3.03. The van der Waals surface area contributed by atoms with Crippen molar-refractivity contribution in [2.24, 2.45) is 0 Å². The van der Waals surface area contributed by atoms with Gasteiger partial charge in [-0.25, -0.2) is 9.97 Å². The van der Waals surface area contributed by atoms with Crippen LogP contribution in [0.3, 0.4) is 0 Å². The molecule has 7 heteroatoms. The van der Waals surface area contributed by atoms with E-state index >= 15 is 0 Å². The summed E-state index contributed by atoms with van der Waals surface area (Å²) in [5.74, 6) is 0.528. The van der Waals surface area contributed by atoms with Crippen LogP contribution in [0.15, 0.2) is 54.4 Å². The first kappa shape index (κ1) is 18.1. The van der Waals surface area contributed by atoms with Crippen LogP contribution in [-0.4, -0.2) is 57.9 Å². The van der Waals surface area contributed by atoms with E-state index in [1.807, 2.05) is 36.5 Å². The van der Waals surface area contributed by atoms with Crippen molar-refractivity contribution in [3.05, 3.63) is 54.4 Å². The number of fused-ring (bicyclic) bond motifs is 1. The number of carbonyl (C=O) groups excluding carboxylic acids is 1. The molecule has 1 aliphatic heterocycles. The number of benzene rings is 1. The van der Waals surface area contributed by atoms with E-state index in [1.165, 1.54) is 0 Å². The summed E-state index contributed by atoms with van der Waals surface area (Å²) in [6, 6.07) is 10.2. The van der Waals surface area contributed by atoms with Gasteiger partial charge in [-0.2, -0.15) is 5.26 Å². The third-order valence-electron chi connectivity index (χ3n) is 5.19. The molecule has 1 saturated heterocycles. The smallest absolute Gasteiger partial charge is 0.236 e. The Morgan fingerprint density at radius 3 is 2.82 bits per heavy atom. The molecule has 0 spiro atoms. The predicted octanol–water partition coefficient (Wildman–Crippen LogP) is 2.31. The Morgan fingerprint density at radius 1 is 1.25 bits per heavy atom. The standard InChI is InChI=1S/C21H22N6O/c22-10-9-20(28)27-13-11-26(12-14-27)18-7-5-17(6-8-18)24-21-23-15-16-3-1-2-4-19(16)25-21/h1-7,15,18H,8-9,11-14H2,(H,23,24,25). The van der Waals surface area contributed by atoms with Crippen LogP contribution in [0.25, 0.3) is 10.9 Å². The van der Waals surface area contributed by atoms with Gasteiger partial charge < -0.3 is 10.2 Å². The maximum Gasteiger partial charge on any atom is 0.236 e. The number of nitrogens with one attached hydrogen (secondary N) is 1. The van der Waals surface area contributed by atoms with Gasteiger partial charge in [0.25, 0.3) is 0 Å². The van der Waals surface area contributed by atoms with E-state index < -0.39 is 0 Å². The average molecular weight is 374 g/mol. The molecule has 1 aromatic carbocycles. The van der Waals surface area contributed by atoms with Gasteiger partial charge >= 0.3 is 0 Å². The zero-order valence-corrected chi connectivity index (χ0v) is 15.6. The monoisotopic (exact) mass is 374 g/mol. The van der Waals surface area contributed by atoms with Crippen LogP contribution in [0.5, 0.6) is 0 Å². The number of aromatic nitrogens is 2. The van der Waals surface area contributed by atoms with Gasteiger partial charge in [-0.3, -0.25) is 9.69 Å². The third-order valence-corrected chi connectivity index (χ3v) is 5.19. The van der Waals surface area contributed by atoms with Crippen molar-refractivity contribution in [3.8, 4) is 6.07 Å². The number of nitriles is 1. The highest BCUT2D eigenvalue weighted by molar-refractivity contribution is 5.79. The summed E-state index contributed by atoms with van der Waals surface area (Å²) in [4.78, 5) is 24.9. The summed E-state index contributed by atoms with van der Waals surface area (Å²) in [6.07, 6.45) is 9.12. The molecule has 2 heterocycles. The first-order valence-corrected chi connectivity index (χ1v) is 9.49. The Labute approximate surface area is 164 Å². The number of hydrogen-bond donors (Lipinski definition) is 1. The lowest BCUT2D eigenvalue weighted by atomic mass is 10.0. The zero-order valence-electron chi connectivity index (χ0n) is 15.6. The highest BCUT2D eigenvalue weighted by Gasteiger charge is 2.25. The molecule has 0 bridgehead atoms. The molecule has 142 valence electrons. The van der Waals surface area contributed by atoms with Gasteiger partial charge in [0, 0.05) is 49.5 Å². The normalized spacial score (nSPS) is 19.9. The molecule has 1 N–H and O–H groups in total. The van der Waals surface area contributed by atoms with Crippen molar-refractivity contribution in [1.29, 1.82) is 5.26 Å². The maximum atomic E-state index is 11.8. The van der Waals surface area contributed by atoms with Crippen LogP contribution in [0.2, 0.25) is 0 Å². The molecule has 2 aromatic rings. The van der Waals surface area contributed by atoms with E-state index in [0.717, 1.165) is 36.1 Å². The molecule has 1 aromatic heterocycles. The van der Waals surface area contributed by atoms with Gasteiger partial charge in [0.2, 0.25) is 11.9 Å².